The van der Waals surface area contributed by atoms with E-state index in [0.717, 1.165) is 5.69 Å². The third kappa shape index (κ3) is 3.16. The molecule has 3 heteroatoms. The van der Waals surface area contributed by atoms with Gasteiger partial charge in [0.2, 0.25) is 0 Å². The monoisotopic (exact) mass is 201 g/mol. The predicted octanol–water partition coefficient (Wildman–Crippen LogP) is 3.42. The molecule has 64 valence electrons. The highest BCUT2D eigenvalue weighted by atomic mass is 35.5. The van der Waals surface area contributed by atoms with Crippen molar-refractivity contribution in [2.75, 3.05) is 11.9 Å². The zero-order valence-electron chi connectivity index (χ0n) is 6.43. The topological polar surface area (TPSA) is 12.0 Å². The average molecular weight is 202 g/mol. The van der Waals surface area contributed by atoms with Crippen molar-refractivity contribution in [1.29, 1.82) is 0 Å². The Morgan fingerprint density at radius 1 is 1.33 bits per heavy atom. The zero-order valence-corrected chi connectivity index (χ0v) is 7.94. The number of anilines is 1. The molecule has 1 nitrogen and oxygen atoms in total. The molecule has 0 aromatic heterocycles. The molecule has 0 aliphatic carbocycles. The van der Waals surface area contributed by atoms with Crippen molar-refractivity contribution in [2.24, 2.45) is 0 Å². The second-order valence-corrected chi connectivity index (χ2v) is 2.98. The number of hydrogen-bond acceptors (Lipinski definition) is 1. The maximum Gasteiger partial charge on any atom is 0.0516 e. The molecule has 0 aliphatic rings. The minimum atomic E-state index is 0.565. The van der Waals surface area contributed by atoms with Crippen LogP contribution in [0.25, 0.3) is 0 Å². The van der Waals surface area contributed by atoms with Crippen LogP contribution in [0, 0.1) is 0 Å². The summed E-state index contributed by atoms with van der Waals surface area (Å²) < 4.78 is 0. The quantitative estimate of drug-likeness (QED) is 0.791. The second kappa shape index (κ2) is 5.07. The lowest BCUT2D eigenvalue weighted by Crippen LogP contribution is -2.00. The molecule has 0 radical (unpaired) electrons. The molecule has 0 saturated heterocycles. The first kappa shape index (κ1) is 9.43. The maximum atomic E-state index is 5.68. The van der Waals surface area contributed by atoms with Gasteiger partial charge in [-0.3, -0.25) is 0 Å². The largest absolute Gasteiger partial charge is 0.380 e. The van der Waals surface area contributed by atoms with E-state index in [-0.39, 0.29) is 0 Å². The highest BCUT2D eigenvalue weighted by Gasteiger charge is 1.91. The molecule has 0 aliphatic heterocycles. The Kier molecular flexibility index (Phi) is 3.98. The predicted molar refractivity (Wildman–Crippen MR) is 54.7 cm³/mol. The normalized spacial score (nSPS) is 11.3. The van der Waals surface area contributed by atoms with Crippen molar-refractivity contribution < 1.29 is 0 Å². The summed E-state index contributed by atoms with van der Waals surface area (Å²) in [7, 11) is 0. The van der Waals surface area contributed by atoms with Crippen LogP contribution in [0.2, 0.25) is 0 Å². The van der Waals surface area contributed by atoms with Crippen LogP contribution in [-0.4, -0.2) is 6.54 Å². The van der Waals surface area contributed by atoms with Crippen molar-refractivity contribution in [3.05, 3.63) is 40.9 Å². The number of benzene rings is 1. The van der Waals surface area contributed by atoms with Gasteiger partial charge in [-0.25, -0.2) is 0 Å². The van der Waals surface area contributed by atoms with Crippen LogP contribution in [0.4, 0.5) is 5.69 Å². The average Bonchev–Trinajstić information content (AvgIpc) is 2.16. The van der Waals surface area contributed by atoms with Gasteiger partial charge in [0.15, 0.2) is 0 Å². The number of halogens is 2. The lowest BCUT2D eigenvalue weighted by atomic mass is 10.3. The summed E-state index contributed by atoms with van der Waals surface area (Å²) in [6.07, 6.45) is 0. The van der Waals surface area contributed by atoms with Crippen molar-refractivity contribution in [1.82, 2.24) is 0 Å². The van der Waals surface area contributed by atoms with Crippen molar-refractivity contribution >= 4 is 28.9 Å². The van der Waals surface area contributed by atoms with E-state index in [0.29, 0.717) is 11.6 Å². The van der Waals surface area contributed by atoms with Crippen molar-refractivity contribution in [3.63, 3.8) is 0 Å². The molecule has 0 spiro atoms. The third-order valence-corrected chi connectivity index (χ3v) is 1.97. The summed E-state index contributed by atoms with van der Waals surface area (Å²) in [5.74, 6) is 0. The fraction of sp³-hybridized carbons (Fsp3) is 0.111. The summed E-state index contributed by atoms with van der Waals surface area (Å²) in [6.45, 7) is 0.565. The third-order valence-electron chi connectivity index (χ3n) is 1.35. The van der Waals surface area contributed by atoms with E-state index in [1.54, 1.807) is 0 Å². The van der Waals surface area contributed by atoms with E-state index in [2.05, 4.69) is 5.32 Å². The van der Waals surface area contributed by atoms with Crippen LogP contribution in [0.5, 0.6) is 0 Å². The van der Waals surface area contributed by atoms with Gasteiger partial charge in [-0.05, 0) is 12.1 Å². The van der Waals surface area contributed by atoms with Crippen LogP contribution in [0.3, 0.4) is 0 Å². The van der Waals surface area contributed by atoms with Crippen LogP contribution in [0.1, 0.15) is 0 Å². The van der Waals surface area contributed by atoms with Gasteiger partial charge in [0, 0.05) is 16.3 Å². The molecule has 1 aromatic carbocycles. The Bertz CT molecular complexity index is 256. The minimum absolute atomic E-state index is 0.565. The van der Waals surface area contributed by atoms with Gasteiger partial charge in [0.25, 0.3) is 0 Å². The molecular weight excluding hydrogens is 193 g/mol. The van der Waals surface area contributed by atoms with E-state index in [9.17, 15) is 0 Å². The number of hydrogen-bond donors (Lipinski definition) is 1. The molecule has 1 N–H and O–H groups in total. The lowest BCUT2D eigenvalue weighted by molar-refractivity contribution is 1.31. The second-order valence-electron chi connectivity index (χ2n) is 2.28. The van der Waals surface area contributed by atoms with E-state index >= 15 is 0 Å². The molecule has 0 saturated carbocycles. The van der Waals surface area contributed by atoms with E-state index in [4.69, 9.17) is 23.2 Å². The molecule has 0 atom stereocenters. The molecule has 0 fully saturated rings. The maximum absolute atomic E-state index is 5.68. The molecule has 0 heterocycles. The van der Waals surface area contributed by atoms with E-state index in [1.165, 1.54) is 5.54 Å². The fourth-order valence-corrected chi connectivity index (χ4v) is 0.925. The fourth-order valence-electron chi connectivity index (χ4n) is 0.781. The van der Waals surface area contributed by atoms with Crippen LogP contribution >= 0.6 is 23.2 Å². The summed E-state index contributed by atoms with van der Waals surface area (Å²) >= 11 is 11.1. The van der Waals surface area contributed by atoms with Gasteiger partial charge in [0.1, 0.15) is 0 Å². The van der Waals surface area contributed by atoms with Gasteiger partial charge in [0.05, 0.1) is 6.54 Å². The van der Waals surface area contributed by atoms with E-state index in [1.807, 2.05) is 30.3 Å². The highest BCUT2D eigenvalue weighted by molar-refractivity contribution is 6.36. The molecule has 0 bridgehead atoms. The molecule has 1 aromatic rings. The minimum Gasteiger partial charge on any atom is -0.380 e. The van der Waals surface area contributed by atoms with Crippen LogP contribution < -0.4 is 5.32 Å². The van der Waals surface area contributed by atoms with Gasteiger partial charge in [-0.2, -0.15) is 0 Å². The highest BCUT2D eigenvalue weighted by Crippen LogP contribution is 2.08. The number of para-hydroxylation sites is 1. The van der Waals surface area contributed by atoms with Gasteiger partial charge >= 0.3 is 0 Å². The molecular formula is C9H9Cl2N. The Labute approximate surface area is 82.0 Å². The van der Waals surface area contributed by atoms with Gasteiger partial charge in [-0.1, -0.05) is 41.4 Å². The summed E-state index contributed by atoms with van der Waals surface area (Å²) in [5, 5.41) is 3.71. The van der Waals surface area contributed by atoms with Crippen LogP contribution in [-0.2, 0) is 0 Å². The van der Waals surface area contributed by atoms with Gasteiger partial charge in [-0.15, -0.1) is 0 Å². The SMILES string of the molecule is ClC=C(Cl)CNc1ccccc1. The van der Waals surface area contributed by atoms with Gasteiger partial charge < -0.3 is 5.32 Å². The Morgan fingerprint density at radius 2 is 2.00 bits per heavy atom. The summed E-state index contributed by atoms with van der Waals surface area (Å²) in [6, 6.07) is 9.82. The first-order chi connectivity index (χ1) is 5.83. The lowest BCUT2D eigenvalue weighted by Gasteiger charge is -2.03. The molecule has 0 amide bonds. The molecule has 12 heavy (non-hydrogen) atoms. The number of rotatable bonds is 3. The Hall–Kier alpha value is -0.660. The number of nitrogens with one attached hydrogen (secondary N) is 1. The first-order valence-corrected chi connectivity index (χ1v) is 4.38. The van der Waals surface area contributed by atoms with Crippen molar-refractivity contribution in [2.45, 2.75) is 0 Å². The van der Waals surface area contributed by atoms with Crippen LogP contribution in [0.15, 0.2) is 40.9 Å². The zero-order chi connectivity index (χ0) is 8.81. The summed E-state index contributed by atoms with van der Waals surface area (Å²) in [5.41, 5.74) is 2.39. The van der Waals surface area contributed by atoms with E-state index < -0.39 is 0 Å². The smallest absolute Gasteiger partial charge is 0.0516 e. The molecule has 0 unspecified atom stereocenters. The summed E-state index contributed by atoms with van der Waals surface area (Å²) in [4.78, 5) is 0. The Balaban J connectivity index is 2.44. The Morgan fingerprint density at radius 3 is 2.58 bits per heavy atom. The standard InChI is InChI=1S/C9H9Cl2N/c10-6-8(11)7-12-9-4-2-1-3-5-9/h1-6,12H,7H2. The molecule has 1 rings (SSSR count). The van der Waals surface area contributed by atoms with Crippen molar-refractivity contribution in [3.8, 4) is 0 Å². The first-order valence-electron chi connectivity index (χ1n) is 3.56.